The van der Waals surface area contributed by atoms with E-state index in [0.29, 0.717) is 13.0 Å². The number of aromatic nitrogens is 1. The first kappa shape index (κ1) is 14.8. The highest BCUT2D eigenvalue weighted by molar-refractivity contribution is 7.16. The second-order valence-corrected chi connectivity index (χ2v) is 5.44. The van der Waals surface area contributed by atoms with E-state index in [-0.39, 0.29) is 5.91 Å². The molecule has 0 spiro atoms. The Hall–Kier alpha value is -1.62. The average Bonchev–Trinajstić information content (AvgIpc) is 2.78. The van der Waals surface area contributed by atoms with Crippen molar-refractivity contribution in [3.05, 3.63) is 23.0 Å². The molecule has 1 aromatic carbocycles. The van der Waals surface area contributed by atoms with E-state index in [2.05, 4.69) is 16.5 Å². The number of aryl methyl sites for hydroxylation is 1. The van der Waals surface area contributed by atoms with Gasteiger partial charge in [-0.25, -0.2) is 0 Å². The molecule has 0 saturated heterocycles. The van der Waals surface area contributed by atoms with Crippen LogP contribution in [0.1, 0.15) is 33.6 Å². The third-order valence-corrected chi connectivity index (χ3v) is 3.98. The Kier molecular flexibility index (Phi) is 4.95. The van der Waals surface area contributed by atoms with E-state index in [4.69, 9.17) is 4.74 Å². The van der Waals surface area contributed by atoms with Gasteiger partial charge in [-0.3, -0.25) is 4.79 Å². The number of hydrogen-bond acceptors (Lipinski definition) is 3. The minimum absolute atomic E-state index is 0.0839. The lowest BCUT2D eigenvalue weighted by Gasteiger charge is -2.08. The van der Waals surface area contributed by atoms with Crippen molar-refractivity contribution < 1.29 is 9.53 Å². The normalized spacial score (nSPS) is 12.1. The van der Waals surface area contributed by atoms with E-state index in [9.17, 15) is 4.79 Å². The van der Waals surface area contributed by atoms with Gasteiger partial charge in [-0.05, 0) is 25.5 Å². The summed E-state index contributed by atoms with van der Waals surface area (Å²) in [6, 6.07) is 5.99. The smallest absolute Gasteiger partial charge is 0.248 e. The first-order valence-corrected chi connectivity index (χ1v) is 7.85. The van der Waals surface area contributed by atoms with E-state index in [1.807, 2.05) is 32.0 Å². The summed E-state index contributed by atoms with van der Waals surface area (Å²) < 4.78 is 8.91. The molecule has 0 atom stereocenters. The molecule has 0 aliphatic carbocycles. The van der Waals surface area contributed by atoms with Gasteiger partial charge in [-0.15, -0.1) is 0 Å². The Balaban J connectivity index is 2.70. The van der Waals surface area contributed by atoms with Gasteiger partial charge >= 0.3 is 0 Å². The van der Waals surface area contributed by atoms with Gasteiger partial charge in [0.25, 0.3) is 0 Å². The third-order valence-electron chi connectivity index (χ3n) is 2.93. The van der Waals surface area contributed by atoms with Crippen LogP contribution in [0.15, 0.2) is 23.2 Å². The van der Waals surface area contributed by atoms with E-state index >= 15 is 0 Å². The van der Waals surface area contributed by atoms with Crippen LogP contribution in [0.5, 0.6) is 5.75 Å². The monoisotopic (exact) mass is 292 g/mol. The molecule has 0 N–H and O–H groups in total. The SMILES string of the molecule is CCCn1c(=NC(=O)CC)sc2cccc(OCC)c21. The van der Waals surface area contributed by atoms with Crippen LogP contribution in [0.25, 0.3) is 10.2 Å². The van der Waals surface area contributed by atoms with Gasteiger partial charge in [-0.1, -0.05) is 31.3 Å². The van der Waals surface area contributed by atoms with Crippen LogP contribution in [0, 0.1) is 0 Å². The van der Waals surface area contributed by atoms with E-state index < -0.39 is 0 Å². The Morgan fingerprint density at radius 1 is 1.35 bits per heavy atom. The van der Waals surface area contributed by atoms with Gasteiger partial charge < -0.3 is 9.30 Å². The van der Waals surface area contributed by atoms with Crippen molar-refractivity contribution in [2.24, 2.45) is 4.99 Å². The quantitative estimate of drug-likeness (QED) is 0.848. The van der Waals surface area contributed by atoms with Gasteiger partial charge in [-0.2, -0.15) is 4.99 Å². The van der Waals surface area contributed by atoms with Crippen LogP contribution in [0.3, 0.4) is 0 Å². The van der Waals surface area contributed by atoms with E-state index in [1.54, 1.807) is 11.3 Å². The highest BCUT2D eigenvalue weighted by atomic mass is 32.1. The van der Waals surface area contributed by atoms with Crippen LogP contribution >= 0.6 is 11.3 Å². The van der Waals surface area contributed by atoms with Crippen LogP contribution in [-0.4, -0.2) is 17.1 Å². The number of fused-ring (bicyclic) bond motifs is 1. The number of nitrogens with zero attached hydrogens (tertiary/aromatic N) is 2. The van der Waals surface area contributed by atoms with Crippen LogP contribution in [0.4, 0.5) is 0 Å². The second-order valence-electron chi connectivity index (χ2n) is 4.43. The third kappa shape index (κ3) is 2.93. The topological polar surface area (TPSA) is 43.6 Å². The Morgan fingerprint density at radius 2 is 2.15 bits per heavy atom. The molecular weight excluding hydrogens is 272 g/mol. The number of rotatable bonds is 5. The summed E-state index contributed by atoms with van der Waals surface area (Å²) in [5, 5.41) is 0. The molecule has 1 heterocycles. The molecule has 0 aliphatic heterocycles. The van der Waals surface area contributed by atoms with Crippen molar-refractivity contribution in [2.45, 2.75) is 40.2 Å². The largest absolute Gasteiger partial charge is 0.492 e. The van der Waals surface area contributed by atoms with Crippen molar-refractivity contribution in [1.82, 2.24) is 4.57 Å². The van der Waals surface area contributed by atoms with Gasteiger partial charge in [0, 0.05) is 13.0 Å². The highest BCUT2D eigenvalue weighted by Gasteiger charge is 2.11. The van der Waals surface area contributed by atoms with Crippen molar-refractivity contribution in [3.8, 4) is 5.75 Å². The highest BCUT2D eigenvalue weighted by Crippen LogP contribution is 2.27. The zero-order chi connectivity index (χ0) is 14.5. The molecule has 20 heavy (non-hydrogen) atoms. The van der Waals surface area contributed by atoms with Gasteiger partial charge in [0.2, 0.25) is 5.91 Å². The molecule has 0 radical (unpaired) electrons. The maximum Gasteiger partial charge on any atom is 0.248 e. The Labute approximate surface area is 122 Å². The molecule has 1 aromatic heterocycles. The summed E-state index contributed by atoms with van der Waals surface area (Å²) in [4.78, 5) is 16.6. The predicted molar refractivity (Wildman–Crippen MR) is 82.1 cm³/mol. The number of hydrogen-bond donors (Lipinski definition) is 0. The maximum atomic E-state index is 11.6. The number of ether oxygens (including phenoxy) is 1. The van der Waals surface area contributed by atoms with Crippen molar-refractivity contribution in [2.75, 3.05) is 6.61 Å². The fraction of sp³-hybridized carbons (Fsp3) is 0.467. The van der Waals surface area contributed by atoms with Crippen molar-refractivity contribution in [3.63, 3.8) is 0 Å². The summed E-state index contributed by atoms with van der Waals surface area (Å²) in [6.07, 6.45) is 1.42. The Bertz CT molecular complexity index is 670. The van der Waals surface area contributed by atoms with Gasteiger partial charge in [0.15, 0.2) is 4.80 Å². The lowest BCUT2D eigenvalue weighted by molar-refractivity contribution is -0.117. The van der Waals surface area contributed by atoms with Crippen LogP contribution in [-0.2, 0) is 11.3 Å². The average molecular weight is 292 g/mol. The fourth-order valence-corrected chi connectivity index (χ4v) is 3.16. The van der Waals surface area contributed by atoms with Gasteiger partial charge in [0.1, 0.15) is 11.3 Å². The number of carbonyl (C=O) groups is 1. The molecule has 5 heteroatoms. The standard InChI is InChI=1S/C15H20N2O2S/c1-4-10-17-14-11(19-6-3)8-7-9-12(14)20-15(17)16-13(18)5-2/h7-9H,4-6,10H2,1-3H3. The lowest BCUT2D eigenvalue weighted by atomic mass is 10.3. The first-order valence-electron chi connectivity index (χ1n) is 7.03. The number of thiazole rings is 1. The van der Waals surface area contributed by atoms with Gasteiger partial charge in [0.05, 0.1) is 11.3 Å². The predicted octanol–water partition coefficient (Wildman–Crippen LogP) is 3.35. The molecule has 0 fully saturated rings. The molecule has 108 valence electrons. The molecular formula is C15H20N2O2S. The molecule has 1 amide bonds. The van der Waals surface area contributed by atoms with Crippen molar-refractivity contribution in [1.29, 1.82) is 0 Å². The van der Waals surface area contributed by atoms with E-state index in [1.165, 1.54) is 0 Å². The summed E-state index contributed by atoms with van der Waals surface area (Å²) in [5.41, 5.74) is 1.05. The fourth-order valence-electron chi connectivity index (χ4n) is 2.07. The van der Waals surface area contributed by atoms with Crippen molar-refractivity contribution >= 4 is 27.5 Å². The second kappa shape index (κ2) is 6.70. The number of carbonyl (C=O) groups excluding carboxylic acids is 1. The summed E-state index contributed by atoms with van der Waals surface area (Å²) in [6.45, 7) is 7.38. The molecule has 0 unspecified atom stereocenters. The number of para-hydroxylation sites is 1. The zero-order valence-corrected chi connectivity index (χ0v) is 13.0. The minimum Gasteiger partial charge on any atom is -0.492 e. The number of benzene rings is 1. The molecule has 0 aliphatic rings. The summed E-state index contributed by atoms with van der Waals surface area (Å²) in [7, 11) is 0. The lowest BCUT2D eigenvalue weighted by Crippen LogP contribution is -2.17. The molecule has 0 bridgehead atoms. The summed E-state index contributed by atoms with van der Waals surface area (Å²) in [5.74, 6) is 0.777. The molecule has 0 saturated carbocycles. The molecule has 2 rings (SSSR count). The molecule has 4 nitrogen and oxygen atoms in total. The summed E-state index contributed by atoms with van der Waals surface area (Å²) >= 11 is 1.54. The van der Waals surface area contributed by atoms with Crippen LogP contribution in [0.2, 0.25) is 0 Å². The van der Waals surface area contributed by atoms with Crippen LogP contribution < -0.4 is 9.54 Å². The van der Waals surface area contributed by atoms with E-state index in [0.717, 1.165) is 33.7 Å². The zero-order valence-electron chi connectivity index (χ0n) is 12.2. The molecule has 2 aromatic rings. The first-order chi connectivity index (χ1) is 9.71. The Morgan fingerprint density at radius 3 is 2.80 bits per heavy atom. The maximum absolute atomic E-state index is 11.6. The number of amides is 1. The minimum atomic E-state index is -0.0839.